The lowest BCUT2D eigenvalue weighted by Crippen LogP contribution is -2.17. The largest absolute Gasteiger partial charge is 0.309 e. The molecule has 0 N–H and O–H groups in total. The molecule has 2 aliphatic carbocycles. The van der Waals surface area contributed by atoms with Crippen LogP contribution in [0.2, 0.25) is 0 Å². The van der Waals surface area contributed by atoms with Crippen LogP contribution in [0.1, 0.15) is 76.3 Å². The molecule has 0 fully saturated rings. The van der Waals surface area contributed by atoms with E-state index in [0.717, 1.165) is 17.1 Å². The normalized spacial score (nSPS) is 14.3. The predicted molar refractivity (Wildman–Crippen MR) is 251 cm³/mol. The summed E-state index contributed by atoms with van der Waals surface area (Å²) in [4.78, 5) is 2.54. The van der Waals surface area contributed by atoms with E-state index in [1.54, 1.807) is 0 Å². The first-order valence-electron chi connectivity index (χ1n) is 21.1. The van der Waals surface area contributed by atoms with E-state index in [2.05, 4.69) is 235 Å². The fourth-order valence-corrected chi connectivity index (χ4v) is 10.2. The van der Waals surface area contributed by atoms with E-state index in [9.17, 15) is 0 Å². The van der Waals surface area contributed by atoms with Crippen molar-refractivity contribution in [2.24, 2.45) is 0 Å². The second kappa shape index (κ2) is 13.6. The summed E-state index contributed by atoms with van der Waals surface area (Å²) in [6, 6.07) is 68.2. The average molecular weight is 762 g/mol. The Morgan fingerprint density at radius 1 is 0.339 bits per heavy atom. The van der Waals surface area contributed by atoms with Gasteiger partial charge in [0, 0.05) is 27.5 Å². The van der Waals surface area contributed by atoms with Crippen LogP contribution in [0.4, 0.5) is 17.1 Å². The Kier molecular flexibility index (Phi) is 8.48. The molecule has 1 heteroatoms. The van der Waals surface area contributed by atoms with Gasteiger partial charge in [-0.05, 0) is 96.4 Å². The van der Waals surface area contributed by atoms with Gasteiger partial charge in [-0.3, -0.25) is 0 Å². The molecule has 1 nitrogen and oxygen atoms in total. The number of nitrogens with zero attached hydrogens (tertiary/aromatic N) is 1. The van der Waals surface area contributed by atoms with Crippen LogP contribution in [-0.2, 0) is 16.2 Å². The summed E-state index contributed by atoms with van der Waals surface area (Å²) in [5, 5.41) is 0. The maximum atomic E-state index is 2.54. The number of hydrogen-bond donors (Lipinski definition) is 0. The Hall–Kier alpha value is -6.44. The zero-order chi connectivity index (χ0) is 40.7. The molecule has 0 unspecified atom stereocenters. The summed E-state index contributed by atoms with van der Waals surface area (Å²) >= 11 is 0. The minimum Gasteiger partial charge on any atom is -0.309 e. The molecule has 0 bridgehead atoms. The van der Waals surface area contributed by atoms with Gasteiger partial charge >= 0.3 is 0 Å². The van der Waals surface area contributed by atoms with Crippen molar-refractivity contribution < 1.29 is 0 Å². The summed E-state index contributed by atoms with van der Waals surface area (Å²) in [6.07, 6.45) is 0. The van der Waals surface area contributed by atoms with E-state index in [0.29, 0.717) is 0 Å². The first kappa shape index (κ1) is 36.9. The van der Waals surface area contributed by atoms with Crippen molar-refractivity contribution in [2.45, 2.75) is 64.7 Å². The third-order valence-corrected chi connectivity index (χ3v) is 13.3. The molecule has 0 amide bonds. The third-order valence-electron chi connectivity index (χ3n) is 13.3. The summed E-state index contributed by atoms with van der Waals surface area (Å²) in [5.41, 5.74) is 22.7. The number of fused-ring (bicyclic) bond motifs is 6. The van der Waals surface area contributed by atoms with Crippen LogP contribution in [0, 0.1) is 0 Å². The van der Waals surface area contributed by atoms with E-state index in [-0.39, 0.29) is 16.2 Å². The molecule has 0 saturated carbocycles. The summed E-state index contributed by atoms with van der Waals surface area (Å²) in [6.45, 7) is 16.4. The van der Waals surface area contributed by atoms with Gasteiger partial charge in [0.1, 0.15) is 0 Å². The van der Waals surface area contributed by atoms with Crippen molar-refractivity contribution in [1.29, 1.82) is 0 Å². The van der Waals surface area contributed by atoms with Gasteiger partial charge in [-0.2, -0.15) is 0 Å². The minimum atomic E-state index is -0.167. The molecular weight excluding hydrogens is 711 g/mol. The number of hydrogen-bond acceptors (Lipinski definition) is 1. The van der Waals surface area contributed by atoms with Gasteiger partial charge in [-0.15, -0.1) is 0 Å². The number of benzene rings is 8. The van der Waals surface area contributed by atoms with Crippen molar-refractivity contribution in [3.63, 3.8) is 0 Å². The van der Waals surface area contributed by atoms with Crippen molar-refractivity contribution in [3.05, 3.63) is 210 Å². The van der Waals surface area contributed by atoms with Gasteiger partial charge in [0.15, 0.2) is 0 Å². The van der Waals surface area contributed by atoms with E-state index >= 15 is 0 Å². The van der Waals surface area contributed by atoms with Crippen LogP contribution in [0.3, 0.4) is 0 Å². The van der Waals surface area contributed by atoms with Crippen molar-refractivity contribution >= 4 is 17.1 Å². The smallest absolute Gasteiger partial charge is 0.0540 e. The van der Waals surface area contributed by atoms with Gasteiger partial charge in [0.2, 0.25) is 0 Å². The molecular formula is C58H51N. The van der Waals surface area contributed by atoms with E-state index in [1.165, 1.54) is 83.5 Å². The van der Waals surface area contributed by atoms with Gasteiger partial charge in [-0.1, -0.05) is 206 Å². The Balaban J connectivity index is 1.22. The first-order valence-corrected chi connectivity index (χ1v) is 21.1. The van der Waals surface area contributed by atoms with Gasteiger partial charge in [0.25, 0.3) is 0 Å². The van der Waals surface area contributed by atoms with Gasteiger partial charge in [-0.25, -0.2) is 0 Å². The molecule has 0 heterocycles. The van der Waals surface area contributed by atoms with Crippen LogP contribution < -0.4 is 4.90 Å². The molecule has 0 atom stereocenters. The molecule has 2 aliphatic rings. The van der Waals surface area contributed by atoms with Crippen LogP contribution in [0.15, 0.2) is 182 Å². The highest BCUT2D eigenvalue weighted by atomic mass is 15.1. The molecule has 0 aromatic heterocycles. The molecule has 8 aromatic carbocycles. The average Bonchev–Trinajstić information content (AvgIpc) is 3.63. The van der Waals surface area contributed by atoms with Crippen molar-refractivity contribution in [2.75, 3.05) is 4.90 Å². The van der Waals surface area contributed by atoms with E-state index < -0.39 is 0 Å². The fourth-order valence-electron chi connectivity index (χ4n) is 10.2. The highest BCUT2D eigenvalue weighted by Crippen LogP contribution is 2.55. The lowest BCUT2D eigenvalue weighted by Gasteiger charge is -2.33. The van der Waals surface area contributed by atoms with Crippen LogP contribution in [-0.4, -0.2) is 0 Å². The van der Waals surface area contributed by atoms with Crippen LogP contribution in [0.25, 0.3) is 55.6 Å². The van der Waals surface area contributed by atoms with E-state index in [4.69, 9.17) is 0 Å². The second-order valence-corrected chi connectivity index (χ2v) is 18.5. The number of rotatable bonds is 6. The Morgan fingerprint density at radius 2 is 0.746 bits per heavy atom. The molecule has 288 valence electrons. The predicted octanol–water partition coefficient (Wildman–Crippen LogP) is 16.1. The third kappa shape index (κ3) is 5.82. The van der Waals surface area contributed by atoms with Gasteiger partial charge in [0.05, 0.1) is 17.1 Å². The van der Waals surface area contributed by atoms with Crippen molar-refractivity contribution in [3.8, 4) is 55.6 Å². The summed E-state index contributed by atoms with van der Waals surface area (Å²) in [7, 11) is 0. The standard InChI is InChI=1S/C58H51N/c1-56(2,3)40-34-31-38(32-35-40)41-19-10-15-28-52(41)59(53-29-16-11-20-42(53)39-33-36-45-43-21-8-13-26-49(43)57(4,5)51(45)37-39)54-30-17-12-23-46(54)48-25-18-24-47-44-22-9-14-27-50(44)58(6,7)55(47)48/h8-37H,1-7H3. The lowest BCUT2D eigenvalue weighted by molar-refractivity contribution is 0.590. The Morgan fingerprint density at radius 3 is 1.34 bits per heavy atom. The topological polar surface area (TPSA) is 3.24 Å². The highest BCUT2D eigenvalue weighted by molar-refractivity contribution is 6.00. The molecule has 59 heavy (non-hydrogen) atoms. The van der Waals surface area contributed by atoms with Crippen molar-refractivity contribution in [1.82, 2.24) is 0 Å². The maximum Gasteiger partial charge on any atom is 0.0540 e. The number of para-hydroxylation sites is 3. The Labute approximate surface area is 350 Å². The minimum absolute atomic E-state index is 0.0666. The quantitative estimate of drug-likeness (QED) is 0.163. The fraction of sp³-hybridized carbons (Fsp3) is 0.172. The number of anilines is 3. The Bertz CT molecular complexity index is 2920. The zero-order valence-electron chi connectivity index (χ0n) is 35.3. The zero-order valence-corrected chi connectivity index (χ0v) is 35.3. The van der Waals surface area contributed by atoms with Gasteiger partial charge < -0.3 is 4.90 Å². The SMILES string of the molecule is CC(C)(C)c1ccc(-c2ccccc2N(c2ccccc2-c2ccc3c(c2)C(C)(C)c2ccccc2-3)c2ccccc2-c2cccc3c2C(C)(C)c2ccccc2-3)cc1. The molecule has 8 aromatic rings. The van der Waals surface area contributed by atoms with E-state index in [1.807, 2.05) is 0 Å². The summed E-state index contributed by atoms with van der Waals surface area (Å²) < 4.78 is 0. The maximum absolute atomic E-state index is 2.54. The monoisotopic (exact) mass is 761 g/mol. The summed E-state index contributed by atoms with van der Waals surface area (Å²) in [5.74, 6) is 0. The molecule has 10 rings (SSSR count). The molecule has 0 spiro atoms. The highest BCUT2D eigenvalue weighted by Gasteiger charge is 2.39. The van der Waals surface area contributed by atoms with Crippen LogP contribution in [0.5, 0.6) is 0 Å². The molecule has 0 saturated heterocycles. The second-order valence-electron chi connectivity index (χ2n) is 18.5. The molecule has 0 radical (unpaired) electrons. The molecule has 0 aliphatic heterocycles. The van der Waals surface area contributed by atoms with Crippen LogP contribution >= 0.6 is 0 Å². The first-order chi connectivity index (χ1) is 28.4. The lowest BCUT2D eigenvalue weighted by atomic mass is 9.78.